The van der Waals surface area contributed by atoms with E-state index in [0.29, 0.717) is 24.8 Å². The van der Waals surface area contributed by atoms with Gasteiger partial charge in [0.1, 0.15) is 5.69 Å². The summed E-state index contributed by atoms with van der Waals surface area (Å²) in [5.41, 5.74) is 6.00. The Morgan fingerprint density at radius 1 is 1.55 bits per heavy atom. The first kappa shape index (κ1) is 14.6. The molecule has 1 aromatic rings. The molecule has 3 N–H and O–H groups in total. The topological polar surface area (TPSA) is 90.4 Å². The van der Waals surface area contributed by atoms with Crippen LogP contribution in [-0.4, -0.2) is 23.6 Å². The number of nitro benzene ring substituents is 1. The van der Waals surface area contributed by atoms with E-state index in [1.807, 2.05) is 6.92 Å². The lowest BCUT2D eigenvalue weighted by Gasteiger charge is -2.30. The highest BCUT2D eigenvalue weighted by atomic mass is 16.6. The van der Waals surface area contributed by atoms with Gasteiger partial charge in [-0.2, -0.15) is 0 Å². The second-order valence-electron chi connectivity index (χ2n) is 5.36. The van der Waals surface area contributed by atoms with Crippen molar-refractivity contribution in [1.82, 2.24) is 0 Å². The largest absolute Gasteiger partial charge is 0.487 e. The van der Waals surface area contributed by atoms with E-state index >= 15 is 0 Å². The standard InChI is InChI=1S/C14H21N3O3/c1-3-20-12-6-4-5-11(13(12)17(18)19)16-14(2,9-15)10-7-8-10/h4-6,10,16H,3,7-9,15H2,1-2H3. The van der Waals surface area contributed by atoms with Gasteiger partial charge < -0.3 is 15.8 Å². The van der Waals surface area contributed by atoms with Crippen LogP contribution in [0.2, 0.25) is 0 Å². The van der Waals surface area contributed by atoms with Crippen molar-refractivity contribution in [2.45, 2.75) is 32.2 Å². The molecule has 1 unspecified atom stereocenters. The number of anilines is 1. The van der Waals surface area contributed by atoms with Crippen LogP contribution in [-0.2, 0) is 0 Å². The summed E-state index contributed by atoms with van der Waals surface area (Å²) in [7, 11) is 0. The zero-order valence-corrected chi connectivity index (χ0v) is 11.9. The van der Waals surface area contributed by atoms with Crippen LogP contribution in [0.25, 0.3) is 0 Å². The number of nitro groups is 1. The maximum Gasteiger partial charge on any atom is 0.333 e. The molecule has 0 heterocycles. The predicted octanol–water partition coefficient (Wildman–Crippen LogP) is 2.53. The molecule has 110 valence electrons. The fourth-order valence-corrected chi connectivity index (χ4v) is 2.43. The molecule has 0 bridgehead atoms. The molecule has 1 fully saturated rings. The average Bonchev–Trinajstić information content (AvgIpc) is 3.23. The van der Waals surface area contributed by atoms with E-state index in [4.69, 9.17) is 10.5 Å². The third-order valence-electron chi connectivity index (χ3n) is 3.80. The molecular formula is C14H21N3O3. The maximum absolute atomic E-state index is 11.3. The summed E-state index contributed by atoms with van der Waals surface area (Å²) < 4.78 is 5.35. The first-order chi connectivity index (χ1) is 9.51. The molecule has 1 aliphatic carbocycles. The highest BCUT2D eigenvalue weighted by Gasteiger charge is 2.41. The molecular weight excluding hydrogens is 258 g/mol. The Balaban J connectivity index is 2.35. The molecule has 0 aliphatic heterocycles. The van der Waals surface area contributed by atoms with Crippen molar-refractivity contribution >= 4 is 11.4 Å². The number of benzene rings is 1. The number of hydrogen-bond donors (Lipinski definition) is 2. The number of nitrogens with two attached hydrogens (primary N) is 1. The lowest BCUT2D eigenvalue weighted by atomic mass is 9.95. The second kappa shape index (κ2) is 5.66. The Morgan fingerprint density at radius 2 is 2.25 bits per heavy atom. The van der Waals surface area contributed by atoms with Gasteiger partial charge in [-0.1, -0.05) is 6.07 Å². The highest BCUT2D eigenvalue weighted by molar-refractivity contribution is 5.69. The van der Waals surface area contributed by atoms with Crippen molar-refractivity contribution in [2.75, 3.05) is 18.5 Å². The summed E-state index contributed by atoms with van der Waals surface area (Å²) >= 11 is 0. The minimum Gasteiger partial charge on any atom is -0.487 e. The minimum atomic E-state index is -0.406. The molecule has 6 heteroatoms. The van der Waals surface area contributed by atoms with Gasteiger partial charge in [0.05, 0.1) is 11.5 Å². The van der Waals surface area contributed by atoms with Crippen molar-refractivity contribution in [3.8, 4) is 5.75 Å². The first-order valence-electron chi connectivity index (χ1n) is 6.90. The molecule has 6 nitrogen and oxygen atoms in total. The maximum atomic E-state index is 11.3. The van der Waals surface area contributed by atoms with Crippen LogP contribution in [0.15, 0.2) is 18.2 Å². The number of ether oxygens (including phenoxy) is 1. The Kier molecular flexibility index (Phi) is 4.13. The molecule has 1 saturated carbocycles. The quantitative estimate of drug-likeness (QED) is 0.591. The Morgan fingerprint density at radius 3 is 2.75 bits per heavy atom. The lowest BCUT2D eigenvalue weighted by Crippen LogP contribution is -2.44. The SMILES string of the molecule is CCOc1cccc(NC(C)(CN)C2CC2)c1[N+](=O)[O-]. The molecule has 2 rings (SSSR count). The molecule has 0 aromatic heterocycles. The summed E-state index contributed by atoms with van der Waals surface area (Å²) in [6.45, 7) is 4.65. The third kappa shape index (κ3) is 2.85. The van der Waals surface area contributed by atoms with Crippen LogP contribution in [0.4, 0.5) is 11.4 Å². The summed E-state index contributed by atoms with van der Waals surface area (Å²) in [5.74, 6) is 0.764. The van der Waals surface area contributed by atoms with Crippen LogP contribution in [0.5, 0.6) is 5.75 Å². The van der Waals surface area contributed by atoms with Crippen molar-refractivity contribution < 1.29 is 9.66 Å². The third-order valence-corrected chi connectivity index (χ3v) is 3.80. The van der Waals surface area contributed by atoms with Crippen LogP contribution in [0.1, 0.15) is 26.7 Å². The van der Waals surface area contributed by atoms with Crippen molar-refractivity contribution in [3.63, 3.8) is 0 Å². The number of hydrogen-bond acceptors (Lipinski definition) is 5. The van der Waals surface area contributed by atoms with E-state index < -0.39 is 4.92 Å². The molecule has 0 spiro atoms. The highest BCUT2D eigenvalue weighted by Crippen LogP contribution is 2.43. The van der Waals surface area contributed by atoms with Gasteiger partial charge in [0.25, 0.3) is 0 Å². The molecule has 1 aliphatic rings. The summed E-state index contributed by atoms with van der Waals surface area (Å²) in [5, 5.41) is 14.6. The van der Waals surface area contributed by atoms with E-state index in [1.165, 1.54) is 0 Å². The normalized spacial score (nSPS) is 17.4. The number of nitrogens with zero attached hydrogens (tertiary/aromatic N) is 1. The smallest absolute Gasteiger partial charge is 0.333 e. The van der Waals surface area contributed by atoms with E-state index in [1.54, 1.807) is 25.1 Å². The van der Waals surface area contributed by atoms with Crippen molar-refractivity contribution in [1.29, 1.82) is 0 Å². The van der Waals surface area contributed by atoms with E-state index in [2.05, 4.69) is 5.32 Å². The fourth-order valence-electron chi connectivity index (χ4n) is 2.43. The number of rotatable bonds is 7. The van der Waals surface area contributed by atoms with Gasteiger partial charge in [0.15, 0.2) is 5.75 Å². The van der Waals surface area contributed by atoms with Crippen molar-refractivity contribution in [3.05, 3.63) is 28.3 Å². The predicted molar refractivity (Wildman–Crippen MR) is 78.1 cm³/mol. The molecule has 0 saturated heterocycles. The van der Waals surface area contributed by atoms with E-state index in [-0.39, 0.29) is 17.0 Å². The van der Waals surface area contributed by atoms with Crippen LogP contribution >= 0.6 is 0 Å². The van der Waals surface area contributed by atoms with Crippen LogP contribution < -0.4 is 15.8 Å². The minimum absolute atomic E-state index is 0.0188. The fraction of sp³-hybridized carbons (Fsp3) is 0.571. The van der Waals surface area contributed by atoms with Gasteiger partial charge in [0.2, 0.25) is 0 Å². The molecule has 1 atom stereocenters. The Bertz CT molecular complexity index is 502. The average molecular weight is 279 g/mol. The molecule has 0 amide bonds. The van der Waals surface area contributed by atoms with Gasteiger partial charge in [-0.25, -0.2) is 0 Å². The number of para-hydroxylation sites is 1. The van der Waals surface area contributed by atoms with Gasteiger partial charge >= 0.3 is 5.69 Å². The Hall–Kier alpha value is -1.82. The van der Waals surface area contributed by atoms with Gasteiger partial charge in [-0.3, -0.25) is 10.1 Å². The molecule has 20 heavy (non-hydrogen) atoms. The summed E-state index contributed by atoms with van der Waals surface area (Å²) in [4.78, 5) is 10.9. The van der Waals surface area contributed by atoms with E-state index in [0.717, 1.165) is 12.8 Å². The monoisotopic (exact) mass is 279 g/mol. The summed E-state index contributed by atoms with van der Waals surface area (Å²) in [6.07, 6.45) is 2.22. The van der Waals surface area contributed by atoms with Gasteiger partial charge in [-0.15, -0.1) is 0 Å². The Labute approximate surface area is 118 Å². The summed E-state index contributed by atoms with van der Waals surface area (Å²) in [6, 6.07) is 5.07. The zero-order valence-electron chi connectivity index (χ0n) is 11.9. The second-order valence-corrected chi connectivity index (χ2v) is 5.36. The van der Waals surface area contributed by atoms with Crippen LogP contribution in [0, 0.1) is 16.0 Å². The molecule has 0 radical (unpaired) electrons. The van der Waals surface area contributed by atoms with Crippen molar-refractivity contribution in [2.24, 2.45) is 11.7 Å². The van der Waals surface area contributed by atoms with Gasteiger partial charge in [0, 0.05) is 12.1 Å². The number of nitrogens with one attached hydrogen (secondary N) is 1. The first-order valence-corrected chi connectivity index (χ1v) is 6.90. The lowest BCUT2D eigenvalue weighted by molar-refractivity contribution is -0.385. The molecule has 1 aromatic carbocycles. The zero-order chi connectivity index (χ0) is 14.8. The van der Waals surface area contributed by atoms with E-state index in [9.17, 15) is 10.1 Å². The van der Waals surface area contributed by atoms with Gasteiger partial charge in [-0.05, 0) is 44.7 Å². The van der Waals surface area contributed by atoms with Crippen LogP contribution in [0.3, 0.4) is 0 Å².